The zero-order valence-electron chi connectivity index (χ0n) is 13.1. The molecule has 1 aromatic heterocycles. The summed E-state index contributed by atoms with van der Waals surface area (Å²) in [7, 11) is 0. The van der Waals surface area contributed by atoms with Crippen LogP contribution in [0.15, 0.2) is 22.0 Å². The van der Waals surface area contributed by atoms with Crippen LogP contribution in [0.2, 0.25) is 0 Å². The second kappa shape index (κ2) is 6.18. The van der Waals surface area contributed by atoms with Gasteiger partial charge in [0, 0.05) is 12.2 Å². The molecule has 1 aliphatic rings. The van der Waals surface area contributed by atoms with Crippen LogP contribution in [0.1, 0.15) is 29.7 Å². The average Bonchev–Trinajstić information content (AvgIpc) is 3.28. The standard InChI is InChI=1S/C16H16F2N2O3S/c1-3-19-10-5-11(10)20-6-8(16(22)23)14(21)7-4-9(17)15(24-2)12(18)13(7)20/h4,6,10-11,19H,3,5H2,1-2H3,(H,22,23). The third kappa shape index (κ3) is 2.59. The predicted molar refractivity (Wildman–Crippen MR) is 88.0 cm³/mol. The summed E-state index contributed by atoms with van der Waals surface area (Å²) in [6.07, 6.45) is 3.40. The molecule has 0 radical (unpaired) electrons. The number of carboxylic acid groups (broad SMARTS) is 1. The van der Waals surface area contributed by atoms with Crippen molar-refractivity contribution in [1.29, 1.82) is 0 Å². The molecule has 0 saturated heterocycles. The lowest BCUT2D eigenvalue weighted by Gasteiger charge is -2.15. The van der Waals surface area contributed by atoms with Crippen molar-refractivity contribution in [3.8, 4) is 0 Å². The molecule has 0 bridgehead atoms. The minimum atomic E-state index is -1.41. The van der Waals surface area contributed by atoms with E-state index in [0.717, 1.165) is 24.4 Å². The Kier molecular flexibility index (Phi) is 4.35. The molecule has 1 aromatic carbocycles. The highest BCUT2D eigenvalue weighted by Gasteiger charge is 2.39. The molecular formula is C16H16F2N2O3S. The number of nitrogens with zero attached hydrogens (tertiary/aromatic N) is 1. The SMILES string of the molecule is CCNC1CC1n1cc(C(=O)O)c(=O)c2cc(F)c(SC)c(F)c21. The van der Waals surface area contributed by atoms with Gasteiger partial charge >= 0.3 is 5.97 Å². The van der Waals surface area contributed by atoms with Gasteiger partial charge in [0.25, 0.3) is 0 Å². The van der Waals surface area contributed by atoms with E-state index in [1.54, 1.807) is 6.26 Å². The summed E-state index contributed by atoms with van der Waals surface area (Å²) >= 11 is 0.908. The summed E-state index contributed by atoms with van der Waals surface area (Å²) in [6.45, 7) is 2.65. The normalized spacial score (nSPS) is 19.7. The Morgan fingerprint density at radius 2 is 2.21 bits per heavy atom. The molecule has 5 nitrogen and oxygen atoms in total. The van der Waals surface area contributed by atoms with Crippen LogP contribution in [0, 0.1) is 11.6 Å². The molecule has 1 fully saturated rings. The van der Waals surface area contributed by atoms with Crippen molar-refractivity contribution in [2.24, 2.45) is 0 Å². The Balaban J connectivity index is 2.34. The molecule has 2 atom stereocenters. The van der Waals surface area contributed by atoms with Crippen molar-refractivity contribution in [1.82, 2.24) is 9.88 Å². The third-order valence-corrected chi connectivity index (χ3v) is 4.96. The molecule has 0 aliphatic heterocycles. The number of carboxylic acids is 1. The number of thioether (sulfide) groups is 1. The molecule has 0 spiro atoms. The molecular weight excluding hydrogens is 338 g/mol. The van der Waals surface area contributed by atoms with Gasteiger partial charge in [0.05, 0.1) is 21.8 Å². The molecule has 3 rings (SSSR count). The van der Waals surface area contributed by atoms with Crippen molar-refractivity contribution in [3.63, 3.8) is 0 Å². The second-order valence-corrected chi connectivity index (χ2v) is 6.47. The summed E-state index contributed by atoms with van der Waals surface area (Å²) in [4.78, 5) is 23.5. The van der Waals surface area contributed by atoms with Crippen LogP contribution in [0.5, 0.6) is 0 Å². The minimum Gasteiger partial charge on any atom is -0.477 e. The first-order chi connectivity index (χ1) is 11.4. The van der Waals surface area contributed by atoms with Crippen molar-refractivity contribution < 1.29 is 18.7 Å². The summed E-state index contributed by atoms with van der Waals surface area (Å²) in [5.74, 6) is -3.10. The summed E-state index contributed by atoms with van der Waals surface area (Å²) < 4.78 is 30.3. The van der Waals surface area contributed by atoms with Gasteiger partial charge in [-0.05, 0) is 25.3 Å². The molecule has 0 amide bonds. The lowest BCUT2D eigenvalue weighted by atomic mass is 10.1. The fourth-order valence-electron chi connectivity index (χ4n) is 3.00. The van der Waals surface area contributed by atoms with Gasteiger partial charge in [0.15, 0.2) is 5.82 Å². The van der Waals surface area contributed by atoms with Crippen LogP contribution in [-0.4, -0.2) is 34.5 Å². The fraction of sp³-hybridized carbons (Fsp3) is 0.375. The fourth-order valence-corrected chi connectivity index (χ4v) is 3.53. The first kappa shape index (κ1) is 16.9. The molecule has 1 saturated carbocycles. The smallest absolute Gasteiger partial charge is 0.341 e. The Morgan fingerprint density at radius 1 is 1.50 bits per heavy atom. The average molecular weight is 354 g/mol. The summed E-state index contributed by atoms with van der Waals surface area (Å²) in [6, 6.07) is 0.838. The number of fused-ring (bicyclic) bond motifs is 1. The van der Waals surface area contributed by atoms with Crippen LogP contribution in [0.25, 0.3) is 10.9 Å². The van der Waals surface area contributed by atoms with Gasteiger partial charge in [-0.3, -0.25) is 4.79 Å². The number of nitrogens with one attached hydrogen (secondary N) is 1. The van der Waals surface area contributed by atoms with Crippen molar-refractivity contribution in [3.05, 3.63) is 39.7 Å². The first-order valence-corrected chi connectivity index (χ1v) is 8.70. The maximum Gasteiger partial charge on any atom is 0.341 e. The van der Waals surface area contributed by atoms with Gasteiger partial charge < -0.3 is 15.0 Å². The van der Waals surface area contributed by atoms with Gasteiger partial charge in [-0.2, -0.15) is 0 Å². The molecule has 2 aromatic rings. The largest absolute Gasteiger partial charge is 0.477 e. The molecule has 2 unspecified atom stereocenters. The highest BCUT2D eigenvalue weighted by Crippen LogP contribution is 2.39. The van der Waals surface area contributed by atoms with E-state index in [0.29, 0.717) is 6.42 Å². The van der Waals surface area contributed by atoms with E-state index in [2.05, 4.69) is 5.32 Å². The van der Waals surface area contributed by atoms with E-state index in [-0.39, 0.29) is 27.9 Å². The Hall–Kier alpha value is -1.93. The zero-order chi connectivity index (χ0) is 17.6. The van der Waals surface area contributed by atoms with E-state index in [1.165, 1.54) is 10.8 Å². The van der Waals surface area contributed by atoms with E-state index >= 15 is 0 Å². The van der Waals surface area contributed by atoms with Gasteiger partial charge in [-0.25, -0.2) is 13.6 Å². The number of benzene rings is 1. The molecule has 128 valence electrons. The van der Waals surface area contributed by atoms with Crippen LogP contribution in [0.4, 0.5) is 8.78 Å². The van der Waals surface area contributed by atoms with Crippen LogP contribution < -0.4 is 10.7 Å². The number of pyridine rings is 1. The van der Waals surface area contributed by atoms with Gasteiger partial charge in [-0.15, -0.1) is 11.8 Å². The van der Waals surface area contributed by atoms with Crippen molar-refractivity contribution in [2.75, 3.05) is 12.8 Å². The Morgan fingerprint density at radius 3 is 2.79 bits per heavy atom. The molecule has 8 heteroatoms. The highest BCUT2D eigenvalue weighted by molar-refractivity contribution is 7.98. The second-order valence-electron chi connectivity index (χ2n) is 5.65. The lowest BCUT2D eigenvalue weighted by molar-refractivity contribution is 0.0694. The molecule has 1 heterocycles. The number of aromatic carboxylic acids is 1. The first-order valence-electron chi connectivity index (χ1n) is 7.48. The van der Waals surface area contributed by atoms with Crippen LogP contribution in [-0.2, 0) is 0 Å². The lowest BCUT2D eigenvalue weighted by Crippen LogP contribution is -2.23. The topological polar surface area (TPSA) is 71.3 Å². The maximum atomic E-state index is 14.8. The Labute approximate surface area is 140 Å². The van der Waals surface area contributed by atoms with Gasteiger partial charge in [-0.1, -0.05) is 6.92 Å². The van der Waals surface area contributed by atoms with E-state index in [4.69, 9.17) is 0 Å². The number of aromatic nitrogens is 1. The minimum absolute atomic E-state index is 0.0406. The monoisotopic (exact) mass is 354 g/mol. The molecule has 1 aliphatic carbocycles. The van der Waals surface area contributed by atoms with Crippen LogP contribution in [0.3, 0.4) is 0 Å². The number of likely N-dealkylation sites (N-methyl/N-ethyl adjacent to an activating group) is 1. The predicted octanol–water partition coefficient (Wildman–Crippen LogP) is 2.62. The highest BCUT2D eigenvalue weighted by atomic mass is 32.2. The number of rotatable bonds is 5. The summed E-state index contributed by atoms with van der Waals surface area (Å²) in [5.41, 5.74) is -1.40. The molecule has 2 N–H and O–H groups in total. The number of halogens is 2. The van der Waals surface area contributed by atoms with Gasteiger partial charge in [0.1, 0.15) is 11.4 Å². The molecule has 24 heavy (non-hydrogen) atoms. The maximum absolute atomic E-state index is 14.8. The van der Waals surface area contributed by atoms with E-state index in [9.17, 15) is 23.5 Å². The number of hydrogen-bond acceptors (Lipinski definition) is 4. The third-order valence-electron chi connectivity index (χ3n) is 4.18. The number of hydrogen-bond donors (Lipinski definition) is 2. The van der Waals surface area contributed by atoms with Crippen LogP contribution >= 0.6 is 11.8 Å². The summed E-state index contributed by atoms with van der Waals surface area (Å²) in [5, 5.41) is 12.2. The van der Waals surface area contributed by atoms with E-state index < -0.39 is 28.6 Å². The van der Waals surface area contributed by atoms with Crippen molar-refractivity contribution >= 4 is 28.6 Å². The van der Waals surface area contributed by atoms with Gasteiger partial charge in [0.2, 0.25) is 5.43 Å². The number of carbonyl (C=O) groups is 1. The van der Waals surface area contributed by atoms with E-state index in [1.807, 2.05) is 6.92 Å². The Bertz CT molecular complexity index is 897. The zero-order valence-corrected chi connectivity index (χ0v) is 13.9. The van der Waals surface area contributed by atoms with Crippen molar-refractivity contribution in [2.45, 2.75) is 30.3 Å². The quantitative estimate of drug-likeness (QED) is 0.808.